The molecule has 0 aliphatic rings. The van der Waals surface area contributed by atoms with E-state index < -0.39 is 27.0 Å². The highest BCUT2D eigenvalue weighted by Gasteiger charge is 2.25. The molecular formula is C5H14O6P2. The molecule has 0 aromatic rings. The first-order chi connectivity index (χ1) is 5.65. The van der Waals surface area contributed by atoms with Crippen LogP contribution in [0, 0.1) is 0 Å². The normalized spacial score (nSPS) is 19.5. The second-order valence-corrected chi connectivity index (χ2v) is 7.34. The maximum Gasteiger partial charge on any atom is 0.325 e. The van der Waals surface area contributed by atoms with Crippen LogP contribution in [-0.2, 0) is 9.13 Å². The fourth-order valence-electron chi connectivity index (χ4n) is 0.690. The number of rotatable bonds is 5. The maximum atomic E-state index is 11.1. The Hall–Kier alpha value is 0.300. The third kappa shape index (κ3) is 6.38. The zero-order valence-corrected chi connectivity index (χ0v) is 8.99. The topological polar surface area (TPSA) is 115 Å². The fourth-order valence-corrected chi connectivity index (χ4v) is 2.49. The summed E-state index contributed by atoms with van der Waals surface area (Å²) in [5, 5.41) is 8.80. The van der Waals surface area contributed by atoms with Gasteiger partial charge in [-0.3, -0.25) is 9.13 Å². The molecule has 4 N–H and O–H groups in total. The van der Waals surface area contributed by atoms with Crippen molar-refractivity contribution in [3.63, 3.8) is 0 Å². The van der Waals surface area contributed by atoms with Gasteiger partial charge in [0.15, 0.2) is 0 Å². The zero-order valence-electron chi connectivity index (χ0n) is 7.20. The molecular weight excluding hydrogens is 218 g/mol. The van der Waals surface area contributed by atoms with E-state index in [0.717, 1.165) is 0 Å². The van der Waals surface area contributed by atoms with Crippen LogP contribution in [0.3, 0.4) is 0 Å². The molecule has 0 saturated carbocycles. The molecule has 2 unspecified atom stereocenters. The van der Waals surface area contributed by atoms with E-state index >= 15 is 0 Å². The van der Waals surface area contributed by atoms with Gasteiger partial charge in [0, 0.05) is 6.16 Å². The number of aliphatic hydroxyl groups excluding tert-OH is 1. The predicted octanol–water partition coefficient (Wildman–Crippen LogP) is 0.163. The van der Waals surface area contributed by atoms with Gasteiger partial charge in [0.25, 0.3) is 0 Å². The molecule has 6 nitrogen and oxygen atoms in total. The van der Waals surface area contributed by atoms with E-state index in [1.807, 2.05) is 0 Å². The third-order valence-electron chi connectivity index (χ3n) is 1.51. The van der Waals surface area contributed by atoms with Gasteiger partial charge in [-0.05, 0) is 13.3 Å². The molecule has 8 heteroatoms. The lowest BCUT2D eigenvalue weighted by Gasteiger charge is -2.13. The maximum absolute atomic E-state index is 11.1. The molecule has 0 aromatic heterocycles. The minimum atomic E-state index is -4.10. The number of hydrogen-bond donors (Lipinski definition) is 4. The highest BCUT2D eigenvalue weighted by atomic mass is 31.2. The first-order valence-corrected chi connectivity index (χ1v) is 7.40. The Morgan fingerprint density at radius 1 is 1.15 bits per heavy atom. The van der Waals surface area contributed by atoms with Gasteiger partial charge < -0.3 is 19.8 Å². The van der Waals surface area contributed by atoms with E-state index in [4.69, 9.17) is 19.8 Å². The monoisotopic (exact) mass is 232 g/mol. The minimum Gasteiger partial charge on any atom is -0.383 e. The standard InChI is InChI=1S/C5H14O6P2/c1-5(6)12(7,8)3-2-4-13(9,10)11/h5-6H,2-4H2,1H3,(H,7,8)(H2,9,10,11). The van der Waals surface area contributed by atoms with Gasteiger partial charge in [-0.25, -0.2) is 0 Å². The molecule has 0 spiro atoms. The summed E-state index contributed by atoms with van der Waals surface area (Å²) in [6, 6.07) is 0. The Morgan fingerprint density at radius 3 is 1.92 bits per heavy atom. The molecule has 80 valence electrons. The molecule has 2 atom stereocenters. The van der Waals surface area contributed by atoms with Crippen LogP contribution < -0.4 is 0 Å². The smallest absolute Gasteiger partial charge is 0.325 e. The van der Waals surface area contributed by atoms with Crippen LogP contribution in [0.5, 0.6) is 0 Å². The van der Waals surface area contributed by atoms with Crippen molar-refractivity contribution in [1.82, 2.24) is 0 Å². The lowest BCUT2D eigenvalue weighted by molar-refractivity contribution is 0.248. The summed E-state index contributed by atoms with van der Waals surface area (Å²) < 4.78 is 21.4. The zero-order chi connectivity index (χ0) is 10.7. The van der Waals surface area contributed by atoms with Crippen molar-refractivity contribution in [2.24, 2.45) is 0 Å². The van der Waals surface area contributed by atoms with Crippen LogP contribution in [0.1, 0.15) is 13.3 Å². The number of hydrogen-bond acceptors (Lipinski definition) is 3. The van der Waals surface area contributed by atoms with Crippen molar-refractivity contribution in [2.75, 3.05) is 12.3 Å². The van der Waals surface area contributed by atoms with Gasteiger partial charge in [-0.2, -0.15) is 0 Å². The van der Waals surface area contributed by atoms with Crippen molar-refractivity contribution in [1.29, 1.82) is 0 Å². The quantitative estimate of drug-likeness (QED) is 0.502. The molecule has 13 heavy (non-hydrogen) atoms. The molecule has 0 aliphatic carbocycles. The third-order valence-corrected chi connectivity index (χ3v) is 4.54. The molecule has 0 bridgehead atoms. The van der Waals surface area contributed by atoms with Crippen molar-refractivity contribution >= 4 is 15.0 Å². The van der Waals surface area contributed by atoms with Crippen molar-refractivity contribution in [3.05, 3.63) is 0 Å². The summed E-state index contributed by atoms with van der Waals surface area (Å²) in [7, 11) is -7.73. The molecule has 0 saturated heterocycles. The van der Waals surface area contributed by atoms with Gasteiger partial charge >= 0.3 is 7.60 Å². The van der Waals surface area contributed by atoms with Crippen molar-refractivity contribution < 1.29 is 28.9 Å². The average Bonchev–Trinajstić information content (AvgIpc) is 1.82. The van der Waals surface area contributed by atoms with Gasteiger partial charge in [0.2, 0.25) is 7.37 Å². The highest BCUT2D eigenvalue weighted by molar-refractivity contribution is 7.58. The summed E-state index contributed by atoms with van der Waals surface area (Å²) in [4.78, 5) is 25.9. The minimum absolute atomic E-state index is 0.0665. The first-order valence-electron chi connectivity index (χ1n) is 3.69. The summed E-state index contributed by atoms with van der Waals surface area (Å²) in [6.07, 6.45) is -0.761. The second kappa shape index (κ2) is 4.69. The van der Waals surface area contributed by atoms with E-state index in [1.54, 1.807) is 0 Å². The van der Waals surface area contributed by atoms with Crippen molar-refractivity contribution in [2.45, 2.75) is 19.2 Å². The lowest BCUT2D eigenvalue weighted by Crippen LogP contribution is -2.06. The van der Waals surface area contributed by atoms with Crippen LogP contribution in [-0.4, -0.2) is 38.0 Å². The lowest BCUT2D eigenvalue weighted by atomic mass is 10.6. The van der Waals surface area contributed by atoms with Crippen LogP contribution in [0.4, 0.5) is 0 Å². The van der Waals surface area contributed by atoms with Crippen LogP contribution in [0.2, 0.25) is 0 Å². The van der Waals surface area contributed by atoms with Gasteiger partial charge in [0.1, 0.15) is 5.85 Å². The van der Waals surface area contributed by atoms with Crippen LogP contribution >= 0.6 is 15.0 Å². The molecule has 0 amide bonds. The first kappa shape index (κ1) is 13.3. The van der Waals surface area contributed by atoms with E-state index in [2.05, 4.69) is 0 Å². The average molecular weight is 232 g/mol. The summed E-state index contributed by atoms with van der Waals surface area (Å²) in [5.41, 5.74) is 0. The predicted molar refractivity (Wildman–Crippen MR) is 47.9 cm³/mol. The molecule has 0 aliphatic heterocycles. The fraction of sp³-hybridized carbons (Fsp3) is 1.00. The Balaban J connectivity index is 3.91. The van der Waals surface area contributed by atoms with E-state index in [9.17, 15) is 9.13 Å². The Bertz CT molecular complexity index is 243. The summed E-state index contributed by atoms with van der Waals surface area (Å²) in [5.74, 6) is -1.34. The second-order valence-electron chi connectivity index (χ2n) is 2.85. The summed E-state index contributed by atoms with van der Waals surface area (Å²) in [6.45, 7) is 1.18. The van der Waals surface area contributed by atoms with Gasteiger partial charge in [-0.15, -0.1) is 0 Å². The van der Waals surface area contributed by atoms with Gasteiger partial charge in [0.05, 0.1) is 6.16 Å². The Morgan fingerprint density at radius 2 is 1.62 bits per heavy atom. The molecule has 0 rings (SSSR count). The van der Waals surface area contributed by atoms with Crippen LogP contribution in [0.25, 0.3) is 0 Å². The van der Waals surface area contributed by atoms with Crippen molar-refractivity contribution in [3.8, 4) is 0 Å². The summed E-state index contributed by atoms with van der Waals surface area (Å²) >= 11 is 0. The van der Waals surface area contributed by atoms with E-state index in [0.29, 0.717) is 0 Å². The highest BCUT2D eigenvalue weighted by Crippen LogP contribution is 2.47. The largest absolute Gasteiger partial charge is 0.383 e. The molecule has 0 heterocycles. The number of aliphatic hydroxyl groups is 1. The van der Waals surface area contributed by atoms with Gasteiger partial charge in [-0.1, -0.05) is 0 Å². The van der Waals surface area contributed by atoms with Crippen LogP contribution in [0.15, 0.2) is 0 Å². The SMILES string of the molecule is CC(O)P(=O)(O)CCCP(=O)(O)O. The Kier molecular flexibility index (Phi) is 4.80. The van der Waals surface area contributed by atoms with E-state index in [-0.39, 0.29) is 12.6 Å². The Labute approximate surface area is 76.2 Å². The molecule has 0 aromatic carbocycles. The molecule has 0 radical (unpaired) electrons. The molecule has 0 fully saturated rings. The van der Waals surface area contributed by atoms with E-state index in [1.165, 1.54) is 6.92 Å².